The lowest BCUT2D eigenvalue weighted by molar-refractivity contribution is -0.688. The fraction of sp³-hybridized carbons (Fsp3) is 0.261. The molecule has 5 rings (SSSR count). The van der Waals surface area contributed by atoms with E-state index >= 15 is 0 Å². The molecule has 0 spiro atoms. The number of anilines is 2. The van der Waals surface area contributed by atoms with Gasteiger partial charge in [0.05, 0.1) is 17.2 Å². The van der Waals surface area contributed by atoms with Gasteiger partial charge in [0.25, 0.3) is 11.8 Å². The SMILES string of the molecule is CO/N=C(/C(=O)N[C@@H]1C(=O)N2C(C(=O)[O-])=C(C[n+]3cccc(-c4cc(N)n(C)n4)c3)CS[C@H]12)c1csc(N)n1. The molecule has 3 aromatic rings. The van der Waals surface area contributed by atoms with Crippen molar-refractivity contribution in [3.05, 3.63) is 52.9 Å². The smallest absolute Gasteiger partial charge is 0.276 e. The van der Waals surface area contributed by atoms with Crippen molar-refractivity contribution in [2.24, 2.45) is 12.2 Å². The minimum absolute atomic E-state index is 0.153. The number of hydrogen-bond donors (Lipinski definition) is 3. The highest BCUT2D eigenvalue weighted by Gasteiger charge is 2.53. The molecule has 2 aliphatic heterocycles. The van der Waals surface area contributed by atoms with E-state index in [-0.39, 0.29) is 28.8 Å². The number of pyridine rings is 1. The molecule has 0 saturated carbocycles. The molecule has 5 N–H and O–H groups in total. The second-order valence-electron chi connectivity index (χ2n) is 8.64. The number of amides is 2. The zero-order valence-electron chi connectivity index (χ0n) is 20.7. The Morgan fingerprint density at radius 3 is 2.82 bits per heavy atom. The van der Waals surface area contributed by atoms with Gasteiger partial charge in [-0.3, -0.25) is 19.2 Å². The third kappa shape index (κ3) is 4.90. The van der Waals surface area contributed by atoms with Gasteiger partial charge in [0.1, 0.15) is 35.7 Å². The molecule has 3 aromatic heterocycles. The first-order chi connectivity index (χ1) is 18.7. The molecule has 14 nitrogen and oxygen atoms in total. The number of carbonyl (C=O) groups excluding carboxylic acids is 3. The molecule has 39 heavy (non-hydrogen) atoms. The van der Waals surface area contributed by atoms with Crippen LogP contribution in [0.25, 0.3) is 11.3 Å². The average molecular weight is 570 g/mol. The predicted octanol–water partition coefficient (Wildman–Crippen LogP) is -1.55. The van der Waals surface area contributed by atoms with E-state index in [9.17, 15) is 19.5 Å². The number of aromatic nitrogens is 4. The quantitative estimate of drug-likeness (QED) is 0.124. The number of nitrogens with one attached hydrogen (secondary N) is 1. The van der Waals surface area contributed by atoms with Crippen LogP contribution in [-0.2, 0) is 32.8 Å². The van der Waals surface area contributed by atoms with Crippen LogP contribution in [0.15, 0.2) is 52.4 Å². The normalized spacial score (nSPS) is 19.0. The summed E-state index contributed by atoms with van der Waals surface area (Å²) in [5.41, 5.74) is 13.4. The van der Waals surface area contributed by atoms with Crippen LogP contribution in [0.1, 0.15) is 5.69 Å². The van der Waals surface area contributed by atoms with Crippen molar-refractivity contribution in [2.75, 3.05) is 24.3 Å². The van der Waals surface area contributed by atoms with Crippen LogP contribution in [0.5, 0.6) is 0 Å². The summed E-state index contributed by atoms with van der Waals surface area (Å²) in [6, 6.07) is 4.45. The standard InChI is InChI=1S/C23H23N9O5S2/c1-30-15(24)6-13(28-30)11-4-3-5-31(7-11)8-12-9-38-21-17(20(34)32(21)18(12)22(35)36)27-19(33)16(29-37-2)14-10-39-23(25)26-14/h3-7,10,17,21H,8-9H2,1-2H3,(H5-,24,25,26,27,28,33,35,36)/b29-16+/t17-,21-/m1/s1. The second kappa shape index (κ2) is 10.4. The molecule has 5 heterocycles. The summed E-state index contributed by atoms with van der Waals surface area (Å²) < 4.78 is 3.36. The molecule has 16 heteroatoms. The number of carboxylic acids is 1. The van der Waals surface area contributed by atoms with Crippen molar-refractivity contribution in [1.82, 2.24) is 25.0 Å². The summed E-state index contributed by atoms with van der Waals surface area (Å²) in [6.45, 7) is 0.204. The number of aryl methyl sites for hydroxylation is 1. The minimum atomic E-state index is -1.47. The van der Waals surface area contributed by atoms with Crippen LogP contribution < -0.4 is 26.5 Å². The molecule has 0 bridgehead atoms. The average Bonchev–Trinajstić information content (AvgIpc) is 3.49. The van der Waals surface area contributed by atoms with E-state index in [1.54, 1.807) is 28.6 Å². The highest BCUT2D eigenvalue weighted by molar-refractivity contribution is 8.00. The van der Waals surface area contributed by atoms with E-state index in [0.29, 0.717) is 22.8 Å². The van der Waals surface area contributed by atoms with Crippen molar-refractivity contribution in [3.63, 3.8) is 0 Å². The number of nitrogens with two attached hydrogens (primary N) is 2. The summed E-state index contributed by atoms with van der Waals surface area (Å²) in [5.74, 6) is -1.93. The van der Waals surface area contributed by atoms with Crippen LogP contribution in [0.3, 0.4) is 0 Å². The van der Waals surface area contributed by atoms with Gasteiger partial charge in [-0.15, -0.1) is 23.1 Å². The van der Waals surface area contributed by atoms with Gasteiger partial charge in [0, 0.05) is 35.9 Å². The lowest BCUT2D eigenvalue weighted by Gasteiger charge is -2.50. The van der Waals surface area contributed by atoms with Gasteiger partial charge >= 0.3 is 0 Å². The number of β-lactam (4-membered cyclic amide) rings is 1. The van der Waals surface area contributed by atoms with Crippen LogP contribution in [0.2, 0.25) is 0 Å². The first kappa shape index (κ1) is 26.2. The van der Waals surface area contributed by atoms with Crippen LogP contribution in [0, 0.1) is 0 Å². The highest BCUT2D eigenvalue weighted by Crippen LogP contribution is 2.40. The maximum Gasteiger partial charge on any atom is 0.276 e. The largest absolute Gasteiger partial charge is 0.543 e. The lowest BCUT2D eigenvalue weighted by atomic mass is 10.0. The summed E-state index contributed by atoms with van der Waals surface area (Å²) in [6.07, 6.45) is 3.61. The molecule has 202 valence electrons. The lowest BCUT2D eigenvalue weighted by Crippen LogP contribution is -2.71. The summed E-state index contributed by atoms with van der Waals surface area (Å²) in [7, 11) is 3.01. The van der Waals surface area contributed by atoms with Gasteiger partial charge in [-0.1, -0.05) is 5.16 Å². The summed E-state index contributed by atoms with van der Waals surface area (Å²) in [5, 5.41) is 24.0. The number of aliphatic carboxylic acids is 1. The molecule has 0 unspecified atom stereocenters. The van der Waals surface area contributed by atoms with Gasteiger partial charge in [-0.05, 0) is 6.07 Å². The van der Waals surface area contributed by atoms with Crippen molar-refractivity contribution in [2.45, 2.75) is 18.0 Å². The first-order valence-electron chi connectivity index (χ1n) is 11.5. The van der Waals surface area contributed by atoms with Crippen molar-refractivity contribution < 1.29 is 28.9 Å². The number of thiazole rings is 1. The molecular weight excluding hydrogens is 546 g/mol. The van der Waals surface area contributed by atoms with Crippen LogP contribution >= 0.6 is 23.1 Å². The van der Waals surface area contributed by atoms with Crippen molar-refractivity contribution in [3.8, 4) is 11.3 Å². The maximum absolute atomic E-state index is 13.1. The Bertz CT molecular complexity index is 1530. The van der Waals surface area contributed by atoms with Gasteiger partial charge < -0.3 is 31.5 Å². The zero-order chi connectivity index (χ0) is 27.8. The van der Waals surface area contributed by atoms with E-state index in [2.05, 4.69) is 20.6 Å². The molecule has 0 aromatic carbocycles. The Morgan fingerprint density at radius 1 is 1.38 bits per heavy atom. The molecule has 1 fully saturated rings. The molecular formula is C23H23N9O5S2. The molecule has 0 aliphatic carbocycles. The third-order valence-electron chi connectivity index (χ3n) is 6.13. The molecule has 2 amide bonds. The van der Waals surface area contributed by atoms with E-state index in [1.807, 2.05) is 18.3 Å². The van der Waals surface area contributed by atoms with Crippen LogP contribution in [0.4, 0.5) is 10.9 Å². The number of nitrogens with zero attached hydrogens (tertiary/aromatic N) is 6. The van der Waals surface area contributed by atoms with E-state index in [0.717, 1.165) is 21.8 Å². The number of carboxylic acid groups (broad SMARTS) is 1. The first-order valence-corrected chi connectivity index (χ1v) is 13.4. The van der Waals surface area contributed by atoms with Crippen molar-refractivity contribution in [1.29, 1.82) is 0 Å². The Kier molecular flexibility index (Phi) is 6.96. The number of fused-ring (bicyclic) bond motifs is 1. The highest BCUT2D eigenvalue weighted by atomic mass is 32.2. The molecule has 2 aliphatic rings. The predicted molar refractivity (Wildman–Crippen MR) is 140 cm³/mol. The second-order valence-corrected chi connectivity index (χ2v) is 10.6. The Morgan fingerprint density at radius 2 is 2.18 bits per heavy atom. The number of nitrogen functional groups attached to an aromatic ring is 2. The topological polar surface area (TPSA) is 198 Å². The van der Waals surface area contributed by atoms with Gasteiger partial charge in [0.2, 0.25) is 0 Å². The number of oxime groups is 1. The van der Waals surface area contributed by atoms with Crippen molar-refractivity contribution >= 4 is 57.5 Å². The number of hydrogen-bond acceptors (Lipinski definition) is 12. The van der Waals surface area contributed by atoms with E-state index in [4.69, 9.17) is 16.3 Å². The minimum Gasteiger partial charge on any atom is -0.543 e. The number of thioether (sulfide) groups is 1. The fourth-order valence-corrected chi connectivity index (χ4v) is 6.19. The van der Waals surface area contributed by atoms with Gasteiger partial charge in [-0.25, -0.2) is 9.55 Å². The Labute approximate surface area is 229 Å². The number of carbonyl (C=O) groups is 3. The monoisotopic (exact) mass is 569 g/mol. The van der Waals surface area contributed by atoms with E-state index < -0.39 is 29.2 Å². The van der Waals surface area contributed by atoms with Gasteiger partial charge in [-0.2, -0.15) is 5.10 Å². The Hall–Kier alpha value is -4.44. The van der Waals surface area contributed by atoms with Gasteiger partial charge in [0.15, 0.2) is 29.8 Å². The summed E-state index contributed by atoms with van der Waals surface area (Å²) in [4.78, 5) is 48.1. The summed E-state index contributed by atoms with van der Waals surface area (Å²) >= 11 is 2.46. The number of rotatable bonds is 8. The maximum atomic E-state index is 13.1. The van der Waals surface area contributed by atoms with E-state index in [1.165, 1.54) is 24.3 Å². The molecule has 0 radical (unpaired) electrons. The van der Waals surface area contributed by atoms with Crippen LogP contribution in [-0.4, -0.2) is 67.4 Å². The fourth-order valence-electron chi connectivity index (χ4n) is 4.31. The molecule has 2 atom stereocenters. The Balaban J connectivity index is 1.35. The molecule has 1 saturated heterocycles. The third-order valence-corrected chi connectivity index (χ3v) is 8.15. The zero-order valence-corrected chi connectivity index (χ0v) is 22.4.